The molecule has 1 fully saturated rings. The Labute approximate surface area is 195 Å². The predicted molar refractivity (Wildman–Crippen MR) is 124 cm³/mol. The number of likely N-dealkylation sites (tertiary alicyclic amines) is 1. The first-order valence-electron chi connectivity index (χ1n) is 10.3. The Morgan fingerprint density at radius 2 is 2.00 bits per heavy atom. The van der Waals surface area contributed by atoms with E-state index in [2.05, 4.69) is 15.0 Å². The van der Waals surface area contributed by atoms with E-state index in [1.807, 2.05) is 12.1 Å². The van der Waals surface area contributed by atoms with Crippen molar-refractivity contribution in [2.24, 2.45) is 10.9 Å². The van der Waals surface area contributed by atoms with Crippen LogP contribution in [0.5, 0.6) is 0 Å². The predicted octanol–water partition coefficient (Wildman–Crippen LogP) is 3.92. The topological polar surface area (TPSA) is 98.7 Å². The van der Waals surface area contributed by atoms with E-state index in [9.17, 15) is 14.7 Å². The molecule has 1 saturated heterocycles. The molecule has 0 radical (unpaired) electrons. The summed E-state index contributed by atoms with van der Waals surface area (Å²) in [6, 6.07) is 10.6. The van der Waals surface area contributed by atoms with Crippen LogP contribution in [0.2, 0.25) is 10.0 Å². The molecule has 1 aromatic carbocycles. The number of hydrogen-bond donors (Lipinski definition) is 2. The van der Waals surface area contributed by atoms with Gasteiger partial charge in [-0.1, -0.05) is 35.3 Å². The second-order valence-corrected chi connectivity index (χ2v) is 8.73. The van der Waals surface area contributed by atoms with E-state index in [4.69, 9.17) is 23.2 Å². The van der Waals surface area contributed by atoms with Crippen molar-refractivity contribution in [3.05, 3.63) is 63.9 Å². The number of amides is 2. The highest BCUT2D eigenvalue weighted by Crippen LogP contribution is 2.20. The van der Waals surface area contributed by atoms with Gasteiger partial charge in [0.1, 0.15) is 11.3 Å². The number of aliphatic imine (C=N–C) groups is 1. The van der Waals surface area contributed by atoms with E-state index in [1.165, 1.54) is 12.4 Å². The first-order valence-corrected chi connectivity index (χ1v) is 11.1. The van der Waals surface area contributed by atoms with Crippen LogP contribution >= 0.6 is 23.2 Å². The summed E-state index contributed by atoms with van der Waals surface area (Å²) in [6.07, 6.45) is 3.95. The molecule has 0 aliphatic carbocycles. The van der Waals surface area contributed by atoms with Crippen molar-refractivity contribution in [3.8, 4) is 0 Å². The van der Waals surface area contributed by atoms with Crippen LogP contribution < -0.4 is 0 Å². The van der Waals surface area contributed by atoms with Crippen molar-refractivity contribution in [2.75, 3.05) is 13.1 Å². The molecule has 0 saturated carbocycles. The van der Waals surface area contributed by atoms with Gasteiger partial charge in [-0.3, -0.25) is 9.59 Å². The maximum absolute atomic E-state index is 13.2. The number of carbonyl (C=O) groups is 2. The van der Waals surface area contributed by atoms with Gasteiger partial charge in [-0.15, -0.1) is 0 Å². The highest BCUT2D eigenvalue weighted by molar-refractivity contribution is 6.31. The van der Waals surface area contributed by atoms with Gasteiger partial charge in [-0.05, 0) is 49.1 Å². The monoisotopic (exact) mass is 472 g/mol. The standard InChI is InChI=1S/C23H22Cl2N4O3/c24-17-3-1-2-14(9-17)8-16(23(32)29-6-4-19(30)5-7-29)12-27-22(31)20-11-15-10-18(25)13-26-21(15)28-20/h1-3,9-13,16,19,30H,4-8H2,(H,26,28). The molecule has 2 N–H and O–H groups in total. The Hall–Kier alpha value is -2.74. The van der Waals surface area contributed by atoms with Gasteiger partial charge in [-0.25, -0.2) is 9.98 Å². The summed E-state index contributed by atoms with van der Waals surface area (Å²) in [4.78, 5) is 38.8. The Morgan fingerprint density at radius 1 is 1.22 bits per heavy atom. The van der Waals surface area contributed by atoms with Gasteiger partial charge in [-0.2, -0.15) is 0 Å². The number of fused-ring (bicyclic) bond motifs is 1. The van der Waals surface area contributed by atoms with Crippen molar-refractivity contribution < 1.29 is 14.7 Å². The molecular weight excluding hydrogens is 451 g/mol. The summed E-state index contributed by atoms with van der Waals surface area (Å²) >= 11 is 12.1. The quantitative estimate of drug-likeness (QED) is 0.549. The van der Waals surface area contributed by atoms with Crippen LogP contribution in [0.15, 0.2) is 47.6 Å². The minimum Gasteiger partial charge on any atom is -0.393 e. The molecule has 1 atom stereocenters. The highest BCUT2D eigenvalue weighted by atomic mass is 35.5. The minimum atomic E-state index is -0.635. The SMILES string of the molecule is O=C(N=CC(Cc1cccc(Cl)c1)C(=O)N1CCC(O)CC1)c1cc2cc(Cl)cnc2[nH]1. The lowest BCUT2D eigenvalue weighted by Gasteiger charge is -2.31. The molecule has 2 aromatic heterocycles. The lowest BCUT2D eigenvalue weighted by atomic mass is 9.97. The molecule has 1 aliphatic rings. The van der Waals surface area contributed by atoms with Crippen LogP contribution in [-0.2, 0) is 11.2 Å². The van der Waals surface area contributed by atoms with Crippen molar-refractivity contribution in [1.82, 2.24) is 14.9 Å². The Morgan fingerprint density at radius 3 is 2.75 bits per heavy atom. The van der Waals surface area contributed by atoms with E-state index < -0.39 is 11.8 Å². The van der Waals surface area contributed by atoms with Crippen molar-refractivity contribution in [3.63, 3.8) is 0 Å². The average Bonchev–Trinajstić information content (AvgIpc) is 3.20. The van der Waals surface area contributed by atoms with Crippen LogP contribution in [-0.4, -0.2) is 57.2 Å². The first kappa shape index (κ1) is 22.5. The number of aromatic nitrogens is 2. The number of aliphatic hydroxyl groups is 1. The fourth-order valence-corrected chi connectivity index (χ4v) is 4.15. The number of H-pyrrole nitrogens is 1. The Bertz CT molecular complexity index is 1170. The molecule has 2 amide bonds. The van der Waals surface area contributed by atoms with Crippen LogP contribution in [0.3, 0.4) is 0 Å². The molecule has 32 heavy (non-hydrogen) atoms. The van der Waals surface area contributed by atoms with E-state index in [1.54, 1.807) is 29.2 Å². The molecule has 1 aliphatic heterocycles. The molecule has 0 spiro atoms. The van der Waals surface area contributed by atoms with Gasteiger partial charge in [0.2, 0.25) is 5.91 Å². The van der Waals surface area contributed by atoms with Crippen molar-refractivity contribution >= 4 is 52.3 Å². The Kier molecular flexibility index (Phi) is 6.89. The lowest BCUT2D eigenvalue weighted by molar-refractivity contribution is -0.135. The molecule has 7 nitrogen and oxygen atoms in total. The number of carbonyl (C=O) groups excluding carboxylic acids is 2. The number of benzene rings is 1. The molecule has 9 heteroatoms. The van der Waals surface area contributed by atoms with Gasteiger partial charge < -0.3 is 15.0 Å². The second-order valence-electron chi connectivity index (χ2n) is 7.85. The number of aliphatic hydroxyl groups excluding tert-OH is 1. The van der Waals surface area contributed by atoms with Gasteiger partial charge in [0.25, 0.3) is 5.91 Å². The minimum absolute atomic E-state index is 0.126. The summed E-state index contributed by atoms with van der Waals surface area (Å²) in [7, 11) is 0. The molecule has 166 valence electrons. The third-order valence-corrected chi connectivity index (χ3v) is 5.92. The largest absolute Gasteiger partial charge is 0.393 e. The number of piperidine rings is 1. The van der Waals surface area contributed by atoms with Crippen LogP contribution in [0.25, 0.3) is 11.0 Å². The fourth-order valence-electron chi connectivity index (χ4n) is 3.77. The first-order chi connectivity index (χ1) is 15.4. The number of halogens is 2. The molecule has 3 aromatic rings. The molecule has 4 rings (SSSR count). The number of pyridine rings is 1. The Balaban J connectivity index is 1.55. The number of aromatic amines is 1. The zero-order valence-corrected chi connectivity index (χ0v) is 18.7. The van der Waals surface area contributed by atoms with Gasteiger partial charge in [0.15, 0.2) is 0 Å². The van der Waals surface area contributed by atoms with Gasteiger partial charge >= 0.3 is 0 Å². The van der Waals surface area contributed by atoms with E-state index in [0.29, 0.717) is 53.4 Å². The average molecular weight is 473 g/mol. The highest BCUT2D eigenvalue weighted by Gasteiger charge is 2.27. The van der Waals surface area contributed by atoms with E-state index >= 15 is 0 Å². The van der Waals surface area contributed by atoms with Crippen LogP contribution in [0.1, 0.15) is 28.9 Å². The maximum Gasteiger partial charge on any atom is 0.293 e. The number of rotatable bonds is 5. The number of nitrogens with one attached hydrogen (secondary N) is 1. The molecule has 1 unspecified atom stereocenters. The smallest absolute Gasteiger partial charge is 0.293 e. The third-order valence-electron chi connectivity index (χ3n) is 5.48. The summed E-state index contributed by atoms with van der Waals surface area (Å²) in [5.41, 5.74) is 1.67. The van der Waals surface area contributed by atoms with Crippen LogP contribution in [0.4, 0.5) is 0 Å². The summed E-state index contributed by atoms with van der Waals surface area (Å²) in [5.74, 6) is -1.26. The van der Waals surface area contributed by atoms with E-state index in [-0.39, 0.29) is 17.7 Å². The molecular formula is C23H22Cl2N4O3. The van der Waals surface area contributed by atoms with Gasteiger partial charge in [0, 0.05) is 35.9 Å². The van der Waals surface area contributed by atoms with E-state index in [0.717, 1.165) is 5.56 Å². The fraction of sp³-hybridized carbons (Fsp3) is 0.304. The molecule has 0 bridgehead atoms. The van der Waals surface area contributed by atoms with Crippen molar-refractivity contribution in [2.45, 2.75) is 25.4 Å². The number of hydrogen-bond acceptors (Lipinski definition) is 4. The second kappa shape index (κ2) is 9.81. The van der Waals surface area contributed by atoms with Gasteiger partial charge in [0.05, 0.1) is 17.0 Å². The molecule has 3 heterocycles. The van der Waals surface area contributed by atoms with Crippen molar-refractivity contribution in [1.29, 1.82) is 0 Å². The number of nitrogens with zero attached hydrogens (tertiary/aromatic N) is 3. The lowest BCUT2D eigenvalue weighted by Crippen LogP contribution is -2.44. The zero-order chi connectivity index (χ0) is 22.7. The maximum atomic E-state index is 13.2. The zero-order valence-electron chi connectivity index (χ0n) is 17.2. The van der Waals surface area contributed by atoms with Crippen LogP contribution in [0, 0.1) is 5.92 Å². The summed E-state index contributed by atoms with van der Waals surface area (Å²) in [5, 5.41) is 11.5. The third kappa shape index (κ3) is 5.35. The normalized spacial score (nSPS) is 16.0. The summed E-state index contributed by atoms with van der Waals surface area (Å²) in [6.45, 7) is 0.949. The summed E-state index contributed by atoms with van der Waals surface area (Å²) < 4.78 is 0.